The number of carbonyl (C=O) groups is 2. The first kappa shape index (κ1) is 25.9. The summed E-state index contributed by atoms with van der Waals surface area (Å²) in [6.07, 6.45) is 3.63. The number of pyridine rings is 1. The second-order valence-corrected chi connectivity index (χ2v) is 8.37. The van der Waals surface area contributed by atoms with E-state index in [0.29, 0.717) is 11.5 Å². The zero-order valence-electron chi connectivity index (χ0n) is 18.9. The SMILES string of the molecule is C[C@]1(c2cc(CC(=O)c3ccc(C#CC4CC4)cn3)ccc2F)N=C(N)COCC1(F)F.O=CO. The number of nitrogens with two attached hydrogens (primary N) is 1. The van der Waals surface area contributed by atoms with Gasteiger partial charge in [-0.2, -0.15) is 0 Å². The lowest BCUT2D eigenvalue weighted by atomic mass is 9.84. The molecule has 1 aromatic heterocycles. The van der Waals surface area contributed by atoms with E-state index in [4.69, 9.17) is 20.4 Å². The van der Waals surface area contributed by atoms with Crippen molar-refractivity contribution in [3.8, 4) is 11.8 Å². The van der Waals surface area contributed by atoms with Crippen molar-refractivity contribution in [2.45, 2.75) is 37.6 Å². The van der Waals surface area contributed by atoms with Crippen molar-refractivity contribution < 1.29 is 32.6 Å². The maximum Gasteiger partial charge on any atom is 0.299 e. The summed E-state index contributed by atoms with van der Waals surface area (Å²) in [5.74, 6) is 1.76. The van der Waals surface area contributed by atoms with E-state index in [1.807, 2.05) is 0 Å². The highest BCUT2D eigenvalue weighted by Crippen LogP contribution is 2.43. The number of benzene rings is 1. The molecule has 2 aromatic rings. The summed E-state index contributed by atoms with van der Waals surface area (Å²) in [5, 5.41) is 6.89. The Morgan fingerprint density at radius 2 is 2.03 bits per heavy atom. The van der Waals surface area contributed by atoms with Gasteiger partial charge in [-0.3, -0.25) is 19.6 Å². The fourth-order valence-corrected chi connectivity index (χ4v) is 3.46. The zero-order chi connectivity index (χ0) is 25.6. The molecule has 7 nitrogen and oxygen atoms in total. The van der Waals surface area contributed by atoms with Crippen LogP contribution in [-0.2, 0) is 21.5 Å². The second kappa shape index (κ2) is 10.7. The molecule has 35 heavy (non-hydrogen) atoms. The topological polar surface area (TPSA) is 115 Å². The normalized spacial score (nSPS) is 20.7. The summed E-state index contributed by atoms with van der Waals surface area (Å²) >= 11 is 0. The van der Waals surface area contributed by atoms with Crippen LogP contribution < -0.4 is 5.73 Å². The number of rotatable bonds is 4. The molecule has 0 bridgehead atoms. The van der Waals surface area contributed by atoms with Gasteiger partial charge in [-0.1, -0.05) is 17.9 Å². The number of aliphatic imine (C=N–C) groups is 1. The first-order chi connectivity index (χ1) is 16.6. The summed E-state index contributed by atoms with van der Waals surface area (Å²) in [5.41, 5.74) is 4.35. The number of amidine groups is 1. The van der Waals surface area contributed by atoms with Gasteiger partial charge in [0.2, 0.25) is 0 Å². The molecule has 2 heterocycles. The average molecular weight is 487 g/mol. The van der Waals surface area contributed by atoms with Crippen LogP contribution in [0.25, 0.3) is 0 Å². The van der Waals surface area contributed by atoms with E-state index >= 15 is 0 Å². The molecule has 1 fully saturated rings. The van der Waals surface area contributed by atoms with Crippen molar-refractivity contribution >= 4 is 18.1 Å². The van der Waals surface area contributed by atoms with E-state index < -0.39 is 23.9 Å². The van der Waals surface area contributed by atoms with Crippen molar-refractivity contribution in [1.82, 2.24) is 4.98 Å². The van der Waals surface area contributed by atoms with Crippen molar-refractivity contribution in [2.24, 2.45) is 16.6 Å². The fourth-order valence-electron chi connectivity index (χ4n) is 3.46. The Hall–Kier alpha value is -3.71. The molecule has 1 aliphatic heterocycles. The molecule has 4 rings (SSSR count). The lowest BCUT2D eigenvalue weighted by Gasteiger charge is -2.33. The van der Waals surface area contributed by atoms with Gasteiger partial charge in [0.1, 0.15) is 30.6 Å². The molecular formula is C25H24F3N3O4. The van der Waals surface area contributed by atoms with Crippen molar-refractivity contribution in [1.29, 1.82) is 0 Å². The number of alkyl halides is 2. The minimum Gasteiger partial charge on any atom is -0.483 e. The van der Waals surface area contributed by atoms with Crippen LogP contribution in [0.3, 0.4) is 0 Å². The quantitative estimate of drug-likeness (QED) is 0.388. The van der Waals surface area contributed by atoms with E-state index in [-0.39, 0.29) is 42.4 Å². The molecule has 2 aliphatic rings. The number of Topliss-reactive ketones (excluding diaryl/α,β-unsaturated/α-hetero) is 1. The number of carbonyl (C=O) groups excluding carboxylic acids is 1. The molecule has 1 atom stereocenters. The molecule has 0 radical (unpaired) electrons. The van der Waals surface area contributed by atoms with Crippen LogP contribution in [0.15, 0.2) is 41.5 Å². The van der Waals surface area contributed by atoms with Gasteiger partial charge >= 0.3 is 0 Å². The van der Waals surface area contributed by atoms with Gasteiger partial charge in [0.25, 0.3) is 12.4 Å². The Balaban J connectivity index is 0.00000108. The molecule has 0 unspecified atom stereocenters. The smallest absolute Gasteiger partial charge is 0.299 e. The summed E-state index contributed by atoms with van der Waals surface area (Å²) in [6, 6.07) is 6.97. The number of hydrogen-bond acceptors (Lipinski definition) is 6. The predicted octanol–water partition coefficient (Wildman–Crippen LogP) is 3.35. The van der Waals surface area contributed by atoms with E-state index in [0.717, 1.165) is 31.4 Å². The van der Waals surface area contributed by atoms with Crippen LogP contribution >= 0.6 is 0 Å². The lowest BCUT2D eigenvalue weighted by Crippen LogP contribution is -2.45. The number of ether oxygens (including phenoxy) is 1. The highest BCUT2D eigenvalue weighted by atomic mass is 19.3. The molecule has 1 saturated carbocycles. The third-order valence-electron chi connectivity index (χ3n) is 5.58. The molecular weight excluding hydrogens is 463 g/mol. The van der Waals surface area contributed by atoms with Crippen LogP contribution in [0.5, 0.6) is 0 Å². The minimum atomic E-state index is -3.50. The Morgan fingerprint density at radius 3 is 2.66 bits per heavy atom. The van der Waals surface area contributed by atoms with Crippen LogP contribution in [0.2, 0.25) is 0 Å². The summed E-state index contributed by atoms with van der Waals surface area (Å²) in [4.78, 5) is 29.1. The summed E-state index contributed by atoms with van der Waals surface area (Å²) in [6.45, 7) is -0.352. The molecule has 0 amide bonds. The predicted molar refractivity (Wildman–Crippen MR) is 122 cm³/mol. The van der Waals surface area contributed by atoms with Gasteiger partial charge in [0.15, 0.2) is 11.3 Å². The van der Waals surface area contributed by atoms with Crippen molar-refractivity contribution in [3.63, 3.8) is 0 Å². The number of carboxylic acid groups (broad SMARTS) is 1. The number of aromatic nitrogens is 1. The van der Waals surface area contributed by atoms with E-state index in [2.05, 4.69) is 21.8 Å². The monoisotopic (exact) mass is 487 g/mol. The Kier molecular flexibility index (Phi) is 7.92. The van der Waals surface area contributed by atoms with Crippen molar-refractivity contribution in [2.75, 3.05) is 13.2 Å². The minimum absolute atomic E-state index is 0.134. The van der Waals surface area contributed by atoms with Crippen LogP contribution in [0.4, 0.5) is 13.2 Å². The largest absolute Gasteiger partial charge is 0.483 e. The standard InChI is InChI=1S/C24H22F3N3O2.CH2O2/c1-23(24(26,27)14-32-13-22(28)30-23)18-10-17(6-8-19(18)25)11-21(31)20-9-7-16(12-29-20)5-4-15-2-3-15;2-1-3/h6-10,12,15H,2-3,11,13-14H2,1H3,(H2,28,30);1H,(H,2,3)/t23-;/m1./s1. The highest BCUT2D eigenvalue weighted by Gasteiger charge is 2.54. The van der Waals surface area contributed by atoms with E-state index in [1.54, 1.807) is 12.1 Å². The van der Waals surface area contributed by atoms with Crippen molar-refractivity contribution in [3.05, 3.63) is 64.7 Å². The molecule has 3 N–H and O–H groups in total. The highest BCUT2D eigenvalue weighted by molar-refractivity contribution is 5.95. The van der Waals surface area contributed by atoms with Crippen LogP contribution in [0, 0.1) is 23.6 Å². The Morgan fingerprint density at radius 1 is 1.31 bits per heavy atom. The number of nitrogens with zero attached hydrogens (tertiary/aromatic N) is 2. The maximum absolute atomic E-state index is 14.8. The number of halogens is 3. The van der Waals surface area contributed by atoms with Gasteiger partial charge < -0.3 is 15.6 Å². The van der Waals surface area contributed by atoms with Gasteiger partial charge in [0.05, 0.1) is 0 Å². The third-order valence-corrected chi connectivity index (χ3v) is 5.58. The number of hydrogen-bond donors (Lipinski definition) is 2. The second-order valence-electron chi connectivity index (χ2n) is 8.37. The summed E-state index contributed by atoms with van der Waals surface area (Å²) in [7, 11) is 0. The summed E-state index contributed by atoms with van der Waals surface area (Å²) < 4.78 is 49.2. The molecule has 1 aliphatic carbocycles. The van der Waals surface area contributed by atoms with Gasteiger partial charge in [0, 0.05) is 29.7 Å². The van der Waals surface area contributed by atoms with Gasteiger partial charge in [-0.15, -0.1) is 0 Å². The molecule has 1 aromatic carbocycles. The molecule has 0 saturated heterocycles. The van der Waals surface area contributed by atoms with Gasteiger partial charge in [-0.25, -0.2) is 13.2 Å². The van der Waals surface area contributed by atoms with Crippen LogP contribution in [0.1, 0.15) is 46.9 Å². The number of ketones is 1. The first-order valence-electron chi connectivity index (χ1n) is 10.8. The van der Waals surface area contributed by atoms with E-state index in [9.17, 15) is 18.0 Å². The molecule has 184 valence electrons. The lowest BCUT2D eigenvalue weighted by molar-refractivity contribution is -0.122. The molecule has 0 spiro atoms. The third kappa shape index (κ3) is 6.25. The van der Waals surface area contributed by atoms with Gasteiger partial charge in [-0.05, 0) is 49.6 Å². The Labute approximate surface area is 200 Å². The fraction of sp³-hybridized carbons (Fsp3) is 0.360. The van der Waals surface area contributed by atoms with E-state index in [1.165, 1.54) is 18.3 Å². The first-order valence-corrected chi connectivity index (χ1v) is 10.8. The maximum atomic E-state index is 14.8. The van der Waals surface area contributed by atoms with Crippen LogP contribution in [-0.4, -0.2) is 47.3 Å². The Bertz CT molecular complexity index is 1180. The average Bonchev–Trinajstić information content (AvgIpc) is 3.64. The zero-order valence-corrected chi connectivity index (χ0v) is 18.9. The molecule has 10 heteroatoms.